The Morgan fingerprint density at radius 3 is 2.38 bits per heavy atom. The lowest BCUT2D eigenvalue weighted by Gasteiger charge is -2.36. The molecule has 194 valence electrons. The molecule has 2 fully saturated rings. The molecular formula is C28H31FN4O3S. The van der Waals surface area contributed by atoms with Crippen LogP contribution in [0.25, 0.3) is 0 Å². The summed E-state index contributed by atoms with van der Waals surface area (Å²) >= 11 is 1.54. The summed E-state index contributed by atoms with van der Waals surface area (Å²) < 4.78 is 18.6. The predicted octanol–water partition coefficient (Wildman–Crippen LogP) is 4.20. The van der Waals surface area contributed by atoms with Crippen molar-refractivity contribution >= 4 is 28.8 Å². The number of piperidine rings is 1. The normalized spacial score (nSPS) is 16.6. The van der Waals surface area contributed by atoms with E-state index in [1.165, 1.54) is 23.5 Å². The number of ether oxygens (including phenoxy) is 1. The number of aromatic nitrogens is 1. The smallest absolute Gasteiger partial charge is 0.273 e. The van der Waals surface area contributed by atoms with Gasteiger partial charge in [-0.1, -0.05) is 24.3 Å². The van der Waals surface area contributed by atoms with Gasteiger partial charge >= 0.3 is 0 Å². The maximum atomic E-state index is 13.1. The SMILES string of the molecule is COc1ccccc1N1CCN(C(=O)c2csc(C3CCN(C(=O)Cc4ccc(F)cc4)CC3)n2)CC1. The zero-order valence-corrected chi connectivity index (χ0v) is 21.8. The van der Waals surface area contributed by atoms with Gasteiger partial charge in [0.1, 0.15) is 17.3 Å². The van der Waals surface area contributed by atoms with Gasteiger partial charge in [0.05, 0.1) is 24.2 Å². The number of nitrogens with zero attached hydrogens (tertiary/aromatic N) is 4. The van der Waals surface area contributed by atoms with Crippen LogP contribution in [0.5, 0.6) is 5.75 Å². The van der Waals surface area contributed by atoms with Crippen LogP contribution in [0.2, 0.25) is 0 Å². The number of rotatable bonds is 6. The zero-order chi connectivity index (χ0) is 25.8. The lowest BCUT2D eigenvalue weighted by Crippen LogP contribution is -2.49. The minimum atomic E-state index is -0.298. The summed E-state index contributed by atoms with van der Waals surface area (Å²) in [4.78, 5) is 36.5. The van der Waals surface area contributed by atoms with Gasteiger partial charge in [-0.3, -0.25) is 9.59 Å². The first kappa shape index (κ1) is 25.2. The average Bonchev–Trinajstić information content (AvgIpc) is 3.44. The molecule has 9 heteroatoms. The zero-order valence-electron chi connectivity index (χ0n) is 20.9. The predicted molar refractivity (Wildman–Crippen MR) is 142 cm³/mol. The molecule has 0 bridgehead atoms. The van der Waals surface area contributed by atoms with Gasteiger partial charge in [-0.15, -0.1) is 11.3 Å². The number of thiazole rings is 1. The summed E-state index contributed by atoms with van der Waals surface area (Å²) in [6.07, 6.45) is 1.94. The fourth-order valence-electron chi connectivity index (χ4n) is 5.04. The molecule has 3 heterocycles. The quantitative estimate of drug-likeness (QED) is 0.486. The molecule has 5 rings (SSSR count). The van der Waals surface area contributed by atoms with E-state index in [4.69, 9.17) is 9.72 Å². The van der Waals surface area contributed by atoms with E-state index >= 15 is 0 Å². The summed E-state index contributed by atoms with van der Waals surface area (Å²) in [6.45, 7) is 4.09. The number of hydrogen-bond donors (Lipinski definition) is 0. The molecule has 0 aliphatic carbocycles. The first-order valence-electron chi connectivity index (χ1n) is 12.7. The van der Waals surface area contributed by atoms with Crippen LogP contribution in [0, 0.1) is 5.82 Å². The highest BCUT2D eigenvalue weighted by Crippen LogP contribution is 2.32. The number of benzene rings is 2. The third-order valence-electron chi connectivity index (χ3n) is 7.20. The fraction of sp³-hybridized carbons (Fsp3) is 0.393. The molecule has 2 saturated heterocycles. The lowest BCUT2D eigenvalue weighted by molar-refractivity contribution is -0.131. The number of amides is 2. The van der Waals surface area contributed by atoms with Crippen molar-refractivity contribution in [1.29, 1.82) is 0 Å². The monoisotopic (exact) mass is 522 g/mol. The summed E-state index contributed by atoms with van der Waals surface area (Å²) in [7, 11) is 1.67. The summed E-state index contributed by atoms with van der Waals surface area (Å²) in [5.41, 5.74) is 2.39. The van der Waals surface area contributed by atoms with Crippen molar-refractivity contribution in [1.82, 2.24) is 14.8 Å². The molecule has 2 aliphatic rings. The summed E-state index contributed by atoms with van der Waals surface area (Å²) in [5.74, 6) is 0.841. The standard InChI is InChI=1S/C28H31FN4O3S/c1-36-25-5-3-2-4-24(25)31-14-16-33(17-15-31)28(35)23-19-37-27(30-23)21-10-12-32(13-11-21)26(34)18-20-6-8-22(29)9-7-20/h2-9,19,21H,10-18H2,1H3. The number of likely N-dealkylation sites (tertiary alicyclic amines) is 1. The Kier molecular flexibility index (Phi) is 7.69. The second kappa shape index (κ2) is 11.3. The minimum Gasteiger partial charge on any atom is -0.495 e. The number of anilines is 1. The van der Waals surface area contributed by atoms with E-state index < -0.39 is 0 Å². The van der Waals surface area contributed by atoms with Crippen molar-refractivity contribution < 1.29 is 18.7 Å². The molecule has 0 radical (unpaired) electrons. The number of carbonyl (C=O) groups excluding carboxylic acids is 2. The van der Waals surface area contributed by atoms with E-state index in [0.717, 1.165) is 47.9 Å². The van der Waals surface area contributed by atoms with Crippen molar-refractivity contribution in [2.75, 3.05) is 51.3 Å². The van der Waals surface area contributed by atoms with Gasteiger partial charge in [0.15, 0.2) is 0 Å². The van der Waals surface area contributed by atoms with Gasteiger partial charge < -0.3 is 19.4 Å². The molecule has 0 spiro atoms. The Morgan fingerprint density at radius 1 is 0.973 bits per heavy atom. The average molecular weight is 523 g/mol. The molecule has 1 aromatic heterocycles. The van der Waals surface area contributed by atoms with Crippen LogP contribution < -0.4 is 9.64 Å². The van der Waals surface area contributed by atoms with Gasteiger partial charge in [0, 0.05) is 50.6 Å². The molecule has 0 atom stereocenters. The molecule has 2 aromatic carbocycles. The van der Waals surface area contributed by atoms with Crippen molar-refractivity contribution in [3.8, 4) is 5.75 Å². The van der Waals surface area contributed by atoms with Crippen LogP contribution in [0.15, 0.2) is 53.9 Å². The van der Waals surface area contributed by atoms with Gasteiger partial charge in [0.25, 0.3) is 5.91 Å². The number of piperazine rings is 1. The van der Waals surface area contributed by atoms with Crippen LogP contribution >= 0.6 is 11.3 Å². The Morgan fingerprint density at radius 2 is 1.68 bits per heavy atom. The second-order valence-corrected chi connectivity index (χ2v) is 10.4. The van der Waals surface area contributed by atoms with Gasteiger partial charge in [-0.25, -0.2) is 9.37 Å². The van der Waals surface area contributed by atoms with E-state index in [-0.39, 0.29) is 30.0 Å². The fourth-order valence-corrected chi connectivity index (χ4v) is 6.01. The Bertz CT molecular complexity index is 1230. The summed E-state index contributed by atoms with van der Waals surface area (Å²) in [6, 6.07) is 14.0. The molecule has 0 unspecified atom stereocenters. The topological polar surface area (TPSA) is 66.0 Å². The maximum absolute atomic E-state index is 13.1. The highest BCUT2D eigenvalue weighted by Gasteiger charge is 2.29. The van der Waals surface area contributed by atoms with Crippen LogP contribution in [-0.2, 0) is 11.2 Å². The van der Waals surface area contributed by atoms with Crippen molar-refractivity contribution in [3.05, 3.63) is 76.0 Å². The number of para-hydroxylation sites is 2. The van der Waals surface area contributed by atoms with Gasteiger partial charge in [-0.2, -0.15) is 0 Å². The Hall–Kier alpha value is -3.46. The highest BCUT2D eigenvalue weighted by atomic mass is 32.1. The molecule has 2 amide bonds. The minimum absolute atomic E-state index is 0.0194. The Labute approximate surface area is 220 Å². The van der Waals surface area contributed by atoms with Crippen molar-refractivity contribution in [3.63, 3.8) is 0 Å². The molecule has 0 saturated carbocycles. The maximum Gasteiger partial charge on any atom is 0.273 e. The lowest BCUT2D eigenvalue weighted by atomic mass is 9.97. The molecule has 0 N–H and O–H groups in total. The van der Waals surface area contributed by atoms with Gasteiger partial charge in [0.2, 0.25) is 5.91 Å². The Balaban J connectivity index is 1.12. The van der Waals surface area contributed by atoms with E-state index in [1.54, 1.807) is 19.2 Å². The van der Waals surface area contributed by atoms with Crippen LogP contribution in [-0.4, -0.2) is 73.0 Å². The third kappa shape index (κ3) is 5.77. The molecule has 37 heavy (non-hydrogen) atoms. The van der Waals surface area contributed by atoms with Crippen molar-refractivity contribution in [2.45, 2.75) is 25.2 Å². The second-order valence-electron chi connectivity index (χ2n) is 9.48. The van der Waals surface area contributed by atoms with Gasteiger partial charge in [-0.05, 0) is 42.7 Å². The van der Waals surface area contributed by atoms with Crippen LogP contribution in [0.1, 0.15) is 39.8 Å². The number of methoxy groups -OCH3 is 1. The first-order chi connectivity index (χ1) is 18.0. The van der Waals surface area contributed by atoms with E-state index in [0.29, 0.717) is 31.9 Å². The van der Waals surface area contributed by atoms with Crippen LogP contribution in [0.4, 0.5) is 10.1 Å². The molecule has 2 aliphatic heterocycles. The third-order valence-corrected chi connectivity index (χ3v) is 8.21. The number of carbonyl (C=O) groups is 2. The first-order valence-corrected chi connectivity index (χ1v) is 13.5. The van der Waals surface area contributed by atoms with Crippen molar-refractivity contribution in [2.24, 2.45) is 0 Å². The van der Waals surface area contributed by atoms with E-state index in [2.05, 4.69) is 4.90 Å². The largest absolute Gasteiger partial charge is 0.495 e. The molecular weight excluding hydrogens is 491 g/mol. The summed E-state index contributed by atoms with van der Waals surface area (Å²) in [5, 5.41) is 2.85. The highest BCUT2D eigenvalue weighted by molar-refractivity contribution is 7.09. The molecule has 3 aromatic rings. The van der Waals surface area contributed by atoms with E-state index in [1.807, 2.05) is 39.4 Å². The van der Waals surface area contributed by atoms with Crippen LogP contribution in [0.3, 0.4) is 0 Å². The van der Waals surface area contributed by atoms with E-state index in [9.17, 15) is 14.0 Å². The number of hydrogen-bond acceptors (Lipinski definition) is 6. The number of halogens is 1. The molecule has 7 nitrogen and oxygen atoms in total.